The Kier molecular flexibility index (Phi) is 6.74. The van der Waals surface area contributed by atoms with Crippen molar-refractivity contribution in [3.63, 3.8) is 0 Å². The minimum atomic E-state index is -0.558. The maximum Gasteiger partial charge on any atom is 0.279 e. The number of aliphatic hydroxyl groups excluding tert-OH is 1. The van der Waals surface area contributed by atoms with Crippen LogP contribution in [0.2, 0.25) is 0 Å². The van der Waals surface area contributed by atoms with Crippen LogP contribution >= 0.6 is 0 Å². The molecule has 2 aromatic rings. The van der Waals surface area contributed by atoms with E-state index in [2.05, 4.69) is 25.4 Å². The first kappa shape index (κ1) is 24.7. The normalized spacial score (nSPS) is 19.3. The fraction of sp³-hybridized carbons (Fsp3) is 0.615. The molecule has 3 fully saturated rings. The number of hydrogen-bond donors (Lipinski definition) is 3. The summed E-state index contributed by atoms with van der Waals surface area (Å²) >= 11 is 0. The minimum Gasteiger partial charge on any atom is -0.394 e. The van der Waals surface area contributed by atoms with Gasteiger partial charge in [-0.1, -0.05) is 0 Å². The third-order valence-corrected chi connectivity index (χ3v) is 7.44. The summed E-state index contributed by atoms with van der Waals surface area (Å²) in [5.41, 5.74) is 1.24. The van der Waals surface area contributed by atoms with Crippen molar-refractivity contribution in [2.45, 2.75) is 52.0 Å². The Hall–Kier alpha value is -2.98. The average Bonchev–Trinajstić information content (AvgIpc) is 3.63. The molecule has 0 unspecified atom stereocenters. The van der Waals surface area contributed by atoms with Gasteiger partial charge in [-0.3, -0.25) is 4.79 Å². The lowest BCUT2D eigenvalue weighted by atomic mass is 9.93. The molecule has 0 radical (unpaired) electrons. The lowest BCUT2D eigenvalue weighted by Gasteiger charge is -2.34. The van der Waals surface area contributed by atoms with E-state index < -0.39 is 5.54 Å². The Bertz CT molecular complexity index is 1100. The molecule has 5 rings (SSSR count). The van der Waals surface area contributed by atoms with Crippen LogP contribution in [0.25, 0.3) is 0 Å². The zero-order valence-corrected chi connectivity index (χ0v) is 21.5. The summed E-state index contributed by atoms with van der Waals surface area (Å²) in [4.78, 5) is 31.9. The quantitative estimate of drug-likeness (QED) is 0.533. The predicted molar refractivity (Wildman–Crippen MR) is 140 cm³/mol. The topological polar surface area (TPSA) is 116 Å². The number of morpholine rings is 1. The molecule has 0 aromatic carbocycles. The molecule has 10 nitrogen and oxygen atoms in total. The molecule has 2 aliphatic heterocycles. The van der Waals surface area contributed by atoms with E-state index in [0.717, 1.165) is 50.4 Å². The van der Waals surface area contributed by atoms with E-state index in [0.29, 0.717) is 36.1 Å². The number of carbonyl (C=O) groups is 1. The van der Waals surface area contributed by atoms with Crippen LogP contribution in [0.15, 0.2) is 18.3 Å². The number of amides is 1. The molecule has 2 aromatic heterocycles. The standard InChI is InChI=1S/C26H37N7O3/c1-18-14-19(28-21(15-18)32-10-12-36-13-11-32)30-24(35)22-23(33-8-6-26(4-5-26)7-9-33)29-20(16-27-22)31-25(2,3)17-34/h14-16,34H,4-13,17H2,1-3H3,(H,29,31)(H,28,30,35). The number of hydrogen-bond acceptors (Lipinski definition) is 9. The van der Waals surface area contributed by atoms with Crippen molar-refractivity contribution >= 4 is 29.2 Å². The van der Waals surface area contributed by atoms with E-state index in [9.17, 15) is 9.90 Å². The number of carbonyl (C=O) groups excluding carboxylic acids is 1. The molecule has 1 aliphatic carbocycles. The number of anilines is 4. The van der Waals surface area contributed by atoms with Gasteiger partial charge in [0.2, 0.25) is 0 Å². The summed E-state index contributed by atoms with van der Waals surface area (Å²) in [6, 6.07) is 3.89. The van der Waals surface area contributed by atoms with Gasteiger partial charge < -0.3 is 30.3 Å². The maximum absolute atomic E-state index is 13.5. The van der Waals surface area contributed by atoms with Gasteiger partial charge in [0.15, 0.2) is 11.5 Å². The Balaban J connectivity index is 1.40. The largest absolute Gasteiger partial charge is 0.394 e. The second kappa shape index (κ2) is 9.82. The van der Waals surface area contributed by atoms with Gasteiger partial charge in [0.1, 0.15) is 17.5 Å². The number of ether oxygens (including phenoxy) is 1. The van der Waals surface area contributed by atoms with Crippen molar-refractivity contribution in [1.29, 1.82) is 0 Å². The van der Waals surface area contributed by atoms with Crippen LogP contribution in [0.4, 0.5) is 23.3 Å². The van der Waals surface area contributed by atoms with Gasteiger partial charge in [-0.25, -0.2) is 15.0 Å². The smallest absolute Gasteiger partial charge is 0.279 e. The van der Waals surface area contributed by atoms with Crippen molar-refractivity contribution in [3.8, 4) is 0 Å². The molecule has 1 saturated carbocycles. The summed E-state index contributed by atoms with van der Waals surface area (Å²) in [7, 11) is 0. The summed E-state index contributed by atoms with van der Waals surface area (Å²) in [6.07, 6.45) is 6.38. The van der Waals surface area contributed by atoms with Crippen LogP contribution in [0.3, 0.4) is 0 Å². The van der Waals surface area contributed by atoms with E-state index in [1.54, 1.807) is 6.20 Å². The van der Waals surface area contributed by atoms with Crippen LogP contribution in [0.5, 0.6) is 0 Å². The molecule has 0 bridgehead atoms. The Morgan fingerprint density at radius 2 is 1.78 bits per heavy atom. The van der Waals surface area contributed by atoms with Gasteiger partial charge in [-0.15, -0.1) is 0 Å². The monoisotopic (exact) mass is 495 g/mol. The first-order valence-electron chi connectivity index (χ1n) is 12.9. The third kappa shape index (κ3) is 5.54. The molecule has 2 saturated heterocycles. The first-order chi connectivity index (χ1) is 17.3. The highest BCUT2D eigenvalue weighted by molar-refractivity contribution is 6.05. The van der Waals surface area contributed by atoms with E-state index >= 15 is 0 Å². The second-order valence-electron chi connectivity index (χ2n) is 11.0. The SMILES string of the molecule is Cc1cc(NC(=O)c2ncc(NC(C)(C)CO)nc2N2CCC3(CC2)CC3)nc(N2CCOCC2)c1. The van der Waals surface area contributed by atoms with E-state index in [1.807, 2.05) is 32.9 Å². The van der Waals surface area contributed by atoms with Crippen LogP contribution in [0.1, 0.15) is 55.6 Å². The van der Waals surface area contributed by atoms with Crippen LogP contribution in [0, 0.1) is 12.3 Å². The molecule has 1 spiro atoms. The van der Waals surface area contributed by atoms with Crippen molar-refractivity contribution < 1.29 is 14.6 Å². The van der Waals surface area contributed by atoms with Crippen LogP contribution in [-0.2, 0) is 4.74 Å². The molecular formula is C26H37N7O3. The minimum absolute atomic E-state index is 0.0526. The number of nitrogens with one attached hydrogen (secondary N) is 2. The van der Waals surface area contributed by atoms with Crippen LogP contribution < -0.4 is 20.4 Å². The molecule has 36 heavy (non-hydrogen) atoms. The fourth-order valence-electron chi connectivity index (χ4n) is 4.92. The van der Waals surface area contributed by atoms with Crippen LogP contribution in [-0.4, -0.2) is 77.5 Å². The fourth-order valence-corrected chi connectivity index (χ4v) is 4.92. The first-order valence-corrected chi connectivity index (χ1v) is 12.9. The van der Waals surface area contributed by atoms with E-state index in [1.165, 1.54) is 12.8 Å². The molecule has 3 N–H and O–H groups in total. The molecule has 1 amide bonds. The molecular weight excluding hydrogens is 458 g/mol. The third-order valence-electron chi connectivity index (χ3n) is 7.44. The van der Waals surface area contributed by atoms with Gasteiger partial charge in [0.05, 0.1) is 31.6 Å². The van der Waals surface area contributed by atoms with Gasteiger partial charge in [-0.05, 0) is 69.6 Å². The van der Waals surface area contributed by atoms with E-state index in [-0.39, 0.29) is 18.2 Å². The van der Waals surface area contributed by atoms with Crippen molar-refractivity contribution in [1.82, 2.24) is 15.0 Å². The highest BCUT2D eigenvalue weighted by Crippen LogP contribution is 2.54. The molecule has 10 heteroatoms. The van der Waals surface area contributed by atoms with Crippen molar-refractivity contribution in [2.24, 2.45) is 5.41 Å². The van der Waals surface area contributed by atoms with Gasteiger partial charge in [0.25, 0.3) is 5.91 Å². The summed E-state index contributed by atoms with van der Waals surface area (Å²) in [5, 5.41) is 15.9. The van der Waals surface area contributed by atoms with Gasteiger partial charge in [0, 0.05) is 26.2 Å². The number of aliphatic hydroxyl groups is 1. The Morgan fingerprint density at radius 3 is 2.44 bits per heavy atom. The zero-order chi connectivity index (χ0) is 25.3. The zero-order valence-electron chi connectivity index (χ0n) is 21.5. The molecule has 194 valence electrons. The number of aryl methyl sites for hydroxylation is 1. The summed E-state index contributed by atoms with van der Waals surface area (Å²) in [6.45, 7) is 10.3. The summed E-state index contributed by atoms with van der Waals surface area (Å²) < 4.78 is 5.46. The lowest BCUT2D eigenvalue weighted by Crippen LogP contribution is -2.38. The predicted octanol–water partition coefficient (Wildman–Crippen LogP) is 2.83. The molecule has 4 heterocycles. The highest BCUT2D eigenvalue weighted by Gasteiger charge is 2.45. The maximum atomic E-state index is 13.5. The number of nitrogens with zero attached hydrogens (tertiary/aromatic N) is 5. The average molecular weight is 496 g/mol. The number of aromatic nitrogens is 3. The highest BCUT2D eigenvalue weighted by atomic mass is 16.5. The number of rotatable bonds is 7. The molecule has 0 atom stereocenters. The van der Waals surface area contributed by atoms with Crippen molar-refractivity contribution in [3.05, 3.63) is 29.6 Å². The van der Waals surface area contributed by atoms with E-state index in [4.69, 9.17) is 14.7 Å². The Morgan fingerprint density at radius 1 is 1.06 bits per heavy atom. The van der Waals surface area contributed by atoms with Gasteiger partial charge >= 0.3 is 0 Å². The number of piperidine rings is 1. The van der Waals surface area contributed by atoms with Gasteiger partial charge in [-0.2, -0.15) is 0 Å². The van der Waals surface area contributed by atoms with Crippen molar-refractivity contribution in [2.75, 3.05) is 66.4 Å². The summed E-state index contributed by atoms with van der Waals surface area (Å²) in [5.74, 6) is 2.10. The Labute approximate surface area is 212 Å². The molecule has 3 aliphatic rings. The second-order valence-corrected chi connectivity index (χ2v) is 11.0. The number of pyridine rings is 1. The lowest BCUT2D eigenvalue weighted by molar-refractivity contribution is 0.102.